The summed E-state index contributed by atoms with van der Waals surface area (Å²) in [6.45, 7) is 8.98. The van der Waals surface area contributed by atoms with Gasteiger partial charge in [-0.1, -0.05) is 168 Å². The van der Waals surface area contributed by atoms with Gasteiger partial charge in [0.2, 0.25) is 0 Å². The number of carbonyl (C=O) groups is 2. The minimum Gasteiger partial charge on any atom is -0.459 e. The normalized spacial score (nSPS) is 11.4. The topological polar surface area (TPSA) is 52.6 Å². The second-order valence-electron chi connectivity index (χ2n) is 13.8. The molecule has 46 heavy (non-hydrogen) atoms. The van der Waals surface area contributed by atoms with Gasteiger partial charge in [-0.15, -0.1) is 0 Å². The van der Waals surface area contributed by atoms with E-state index in [0.717, 1.165) is 51.4 Å². The lowest BCUT2D eigenvalue weighted by Gasteiger charge is -2.21. The van der Waals surface area contributed by atoms with Crippen LogP contribution in [0.15, 0.2) is 24.3 Å². The highest BCUT2D eigenvalue weighted by molar-refractivity contribution is 6.03. The van der Waals surface area contributed by atoms with Gasteiger partial charge in [-0.3, -0.25) is 0 Å². The molecule has 0 spiro atoms. The van der Waals surface area contributed by atoms with Crippen molar-refractivity contribution in [1.29, 1.82) is 0 Å². The molecule has 0 bridgehead atoms. The summed E-state index contributed by atoms with van der Waals surface area (Å²) in [6.07, 6.45) is 32.8. The zero-order valence-corrected chi connectivity index (χ0v) is 30.9. The zero-order chi connectivity index (χ0) is 33.5. The predicted molar refractivity (Wildman–Crippen MR) is 197 cm³/mol. The first-order valence-corrected chi connectivity index (χ1v) is 20.1. The number of esters is 2. The number of unbranched alkanes of at least 4 members (excludes halogenated alkanes) is 20. The van der Waals surface area contributed by atoms with Crippen molar-refractivity contribution in [2.75, 3.05) is 0 Å². The molecule has 0 aromatic heterocycles. The van der Waals surface area contributed by atoms with Crippen LogP contribution in [0.2, 0.25) is 0 Å². The van der Waals surface area contributed by atoms with E-state index in [0.29, 0.717) is 11.1 Å². The minimum absolute atomic E-state index is 0.0953. The van der Waals surface area contributed by atoms with Crippen LogP contribution in [-0.4, -0.2) is 24.1 Å². The molecule has 4 nitrogen and oxygen atoms in total. The third-order valence-electron chi connectivity index (χ3n) is 9.43. The molecule has 0 fully saturated rings. The molecule has 0 heterocycles. The minimum atomic E-state index is -0.377. The quantitative estimate of drug-likeness (QED) is 0.0579. The third kappa shape index (κ3) is 21.9. The lowest BCUT2D eigenvalue weighted by atomic mass is 10.0. The molecule has 0 aliphatic heterocycles. The van der Waals surface area contributed by atoms with Crippen LogP contribution in [0.25, 0.3) is 0 Å². The molecule has 0 saturated carbocycles. The van der Waals surface area contributed by atoms with Crippen molar-refractivity contribution in [3.63, 3.8) is 0 Å². The summed E-state index contributed by atoms with van der Waals surface area (Å²) in [5.41, 5.74) is 0.697. The Balaban J connectivity index is 2.84. The lowest BCUT2D eigenvalue weighted by Crippen LogP contribution is -2.23. The Kier molecular flexibility index (Phi) is 28.0. The van der Waals surface area contributed by atoms with Crippen LogP contribution in [-0.2, 0) is 9.47 Å². The largest absolute Gasteiger partial charge is 0.459 e. The first-order valence-electron chi connectivity index (χ1n) is 20.1. The van der Waals surface area contributed by atoms with Crippen LogP contribution in [0.4, 0.5) is 0 Å². The average molecular weight is 643 g/mol. The van der Waals surface area contributed by atoms with Crippen molar-refractivity contribution in [2.24, 2.45) is 0 Å². The van der Waals surface area contributed by atoms with Gasteiger partial charge in [0.25, 0.3) is 0 Å². The molecule has 0 N–H and O–H groups in total. The van der Waals surface area contributed by atoms with E-state index in [1.54, 1.807) is 12.1 Å². The summed E-state index contributed by atoms with van der Waals surface area (Å²) in [7, 11) is 0. The fraction of sp³-hybridized carbons (Fsp3) is 0.810. The number of benzene rings is 1. The van der Waals surface area contributed by atoms with E-state index in [4.69, 9.17) is 9.47 Å². The Morgan fingerprint density at radius 2 is 0.652 bits per heavy atom. The van der Waals surface area contributed by atoms with Crippen molar-refractivity contribution >= 4 is 11.9 Å². The molecule has 0 saturated heterocycles. The van der Waals surface area contributed by atoms with Crippen molar-refractivity contribution in [1.82, 2.24) is 0 Å². The number of ether oxygens (including phenoxy) is 2. The smallest absolute Gasteiger partial charge is 0.339 e. The summed E-state index contributed by atoms with van der Waals surface area (Å²) in [6, 6.07) is 7.13. The Bertz CT molecular complexity index is 749. The molecule has 4 heteroatoms. The molecule has 0 unspecified atom stereocenters. The first-order chi connectivity index (χ1) is 22.6. The number of carbonyl (C=O) groups excluding carboxylic acids is 2. The van der Waals surface area contributed by atoms with Crippen LogP contribution in [0.1, 0.15) is 228 Å². The number of rotatable bonds is 32. The van der Waals surface area contributed by atoms with E-state index in [1.807, 2.05) is 12.1 Å². The van der Waals surface area contributed by atoms with Crippen molar-refractivity contribution in [3.8, 4) is 0 Å². The summed E-state index contributed by atoms with van der Waals surface area (Å²) in [4.78, 5) is 27.2. The molecule has 0 radical (unpaired) electrons. The van der Waals surface area contributed by atoms with Crippen LogP contribution in [0.5, 0.6) is 0 Å². The predicted octanol–water partition coefficient (Wildman–Crippen LogP) is 13.7. The Morgan fingerprint density at radius 1 is 0.413 bits per heavy atom. The number of hydrogen-bond acceptors (Lipinski definition) is 4. The van der Waals surface area contributed by atoms with Gasteiger partial charge >= 0.3 is 11.9 Å². The highest BCUT2D eigenvalue weighted by atomic mass is 16.5. The second-order valence-corrected chi connectivity index (χ2v) is 13.8. The second kappa shape index (κ2) is 30.5. The van der Waals surface area contributed by atoms with Crippen molar-refractivity contribution in [2.45, 2.75) is 220 Å². The number of hydrogen-bond donors (Lipinski definition) is 0. The van der Waals surface area contributed by atoms with E-state index in [9.17, 15) is 9.59 Å². The Hall–Kier alpha value is -1.84. The molecule has 0 aliphatic carbocycles. The molecule has 1 aromatic carbocycles. The molecular weight excluding hydrogens is 568 g/mol. The molecule has 0 aliphatic rings. The summed E-state index contributed by atoms with van der Waals surface area (Å²) < 4.78 is 12.3. The van der Waals surface area contributed by atoms with Crippen molar-refractivity contribution in [3.05, 3.63) is 35.4 Å². The highest BCUT2D eigenvalue weighted by Crippen LogP contribution is 2.22. The van der Waals surface area contributed by atoms with Crippen LogP contribution in [0, 0.1) is 0 Å². The maximum Gasteiger partial charge on any atom is 0.339 e. The highest BCUT2D eigenvalue weighted by Gasteiger charge is 2.24. The zero-order valence-electron chi connectivity index (χ0n) is 30.9. The van der Waals surface area contributed by atoms with Gasteiger partial charge < -0.3 is 9.47 Å². The van der Waals surface area contributed by atoms with Gasteiger partial charge in [0.1, 0.15) is 12.2 Å². The van der Waals surface area contributed by atoms with Gasteiger partial charge in [-0.25, -0.2) is 9.59 Å². The van der Waals surface area contributed by atoms with Gasteiger partial charge in [0.05, 0.1) is 11.1 Å². The summed E-state index contributed by atoms with van der Waals surface area (Å²) in [5.74, 6) is -0.754. The van der Waals surface area contributed by atoms with E-state index in [-0.39, 0.29) is 24.1 Å². The fourth-order valence-corrected chi connectivity index (χ4v) is 6.40. The third-order valence-corrected chi connectivity index (χ3v) is 9.43. The van der Waals surface area contributed by atoms with Crippen LogP contribution in [0.3, 0.4) is 0 Å². The SMILES string of the molecule is CCCCCCCCC(CCCCCCCC)OC(=O)c1ccccc1C(=O)OC(CCCCCCCC)CCCCCCCC. The van der Waals surface area contributed by atoms with E-state index < -0.39 is 0 Å². The monoisotopic (exact) mass is 643 g/mol. The van der Waals surface area contributed by atoms with Gasteiger partial charge in [0, 0.05) is 0 Å². The standard InChI is InChI=1S/C42H74O4/c1-5-9-13-17-21-25-31-37(32-26-22-18-14-10-6-2)45-41(43)39-35-29-30-36-40(39)42(44)46-38(33-27-23-19-15-11-7-3)34-28-24-20-16-12-8-4/h29-30,35-38H,5-28,31-34H2,1-4H3. The lowest BCUT2D eigenvalue weighted by molar-refractivity contribution is 0.0201. The van der Waals surface area contributed by atoms with Gasteiger partial charge in [-0.05, 0) is 63.5 Å². The molecule has 1 aromatic rings. The maximum atomic E-state index is 13.6. The summed E-state index contributed by atoms with van der Waals surface area (Å²) >= 11 is 0. The van der Waals surface area contributed by atoms with Gasteiger partial charge in [-0.2, -0.15) is 0 Å². The maximum absolute atomic E-state index is 13.6. The van der Waals surface area contributed by atoms with E-state index in [2.05, 4.69) is 27.7 Å². The van der Waals surface area contributed by atoms with E-state index in [1.165, 1.54) is 128 Å². The van der Waals surface area contributed by atoms with E-state index >= 15 is 0 Å². The molecule has 0 atom stereocenters. The molecule has 1 rings (SSSR count). The van der Waals surface area contributed by atoms with Crippen LogP contribution >= 0.6 is 0 Å². The first kappa shape index (κ1) is 42.2. The molecular formula is C42H74O4. The summed E-state index contributed by atoms with van der Waals surface area (Å²) in [5, 5.41) is 0. The Labute approximate surface area is 285 Å². The molecule has 0 amide bonds. The van der Waals surface area contributed by atoms with Gasteiger partial charge in [0.15, 0.2) is 0 Å². The average Bonchev–Trinajstić information content (AvgIpc) is 3.06. The Morgan fingerprint density at radius 3 is 0.913 bits per heavy atom. The van der Waals surface area contributed by atoms with Crippen LogP contribution < -0.4 is 0 Å². The fourth-order valence-electron chi connectivity index (χ4n) is 6.40. The molecule has 266 valence electrons. The van der Waals surface area contributed by atoms with Crippen molar-refractivity contribution < 1.29 is 19.1 Å².